The molecule has 1 heterocycles. The summed E-state index contributed by atoms with van der Waals surface area (Å²) in [5.74, 6) is -1.20. The number of nitrogens with zero attached hydrogens (tertiary/aromatic N) is 2. The third kappa shape index (κ3) is 3.34. The Morgan fingerprint density at radius 3 is 2.71 bits per heavy atom. The van der Waals surface area contributed by atoms with Gasteiger partial charge in [0.25, 0.3) is 5.69 Å². The zero-order valence-corrected chi connectivity index (χ0v) is 12.2. The Kier molecular flexibility index (Phi) is 4.18. The number of hydrogen-bond donors (Lipinski definition) is 2. The summed E-state index contributed by atoms with van der Waals surface area (Å²) in [5, 5.41) is 25.8. The van der Waals surface area contributed by atoms with Crippen LogP contribution < -0.4 is 5.32 Å². The van der Waals surface area contributed by atoms with Gasteiger partial charge < -0.3 is 10.4 Å². The van der Waals surface area contributed by atoms with Crippen LogP contribution in [0.5, 0.6) is 0 Å². The monoisotopic (exact) mass is 307 g/mol. The Labute approximate surface area is 124 Å². The fraction of sp³-hybridized carbons (Fsp3) is 0.231. The van der Waals surface area contributed by atoms with Crippen LogP contribution in [0.15, 0.2) is 17.5 Å². The summed E-state index contributed by atoms with van der Waals surface area (Å²) >= 11 is 1.47. The van der Waals surface area contributed by atoms with Crippen LogP contribution in [-0.4, -0.2) is 21.0 Å². The van der Waals surface area contributed by atoms with Crippen molar-refractivity contribution in [1.82, 2.24) is 4.98 Å². The number of thiazole rings is 1. The van der Waals surface area contributed by atoms with E-state index >= 15 is 0 Å². The lowest BCUT2D eigenvalue weighted by atomic mass is 10.1. The fourth-order valence-electron chi connectivity index (χ4n) is 1.85. The van der Waals surface area contributed by atoms with Crippen molar-refractivity contribution < 1.29 is 14.8 Å². The number of benzene rings is 1. The van der Waals surface area contributed by atoms with Crippen molar-refractivity contribution in [1.29, 1.82) is 0 Å². The van der Waals surface area contributed by atoms with E-state index in [1.807, 2.05) is 12.3 Å². The molecule has 2 rings (SSSR count). The van der Waals surface area contributed by atoms with E-state index in [9.17, 15) is 14.9 Å². The van der Waals surface area contributed by atoms with Crippen LogP contribution >= 0.6 is 11.3 Å². The number of rotatable bonds is 5. The highest BCUT2D eigenvalue weighted by Gasteiger charge is 2.19. The molecule has 2 N–H and O–H groups in total. The molecule has 0 saturated heterocycles. The maximum atomic E-state index is 11.1. The molecule has 2 aromatic rings. The predicted octanol–water partition coefficient (Wildman–Crippen LogP) is 2.98. The molecule has 0 radical (unpaired) electrons. The number of nitrogens with one attached hydrogen (secondary N) is 1. The molecule has 8 heteroatoms. The lowest BCUT2D eigenvalue weighted by molar-refractivity contribution is -0.385. The van der Waals surface area contributed by atoms with Gasteiger partial charge in [-0.25, -0.2) is 9.78 Å². The van der Waals surface area contributed by atoms with Crippen LogP contribution in [0.3, 0.4) is 0 Å². The number of aryl methyl sites for hydroxylation is 1. The molecule has 0 atom stereocenters. The lowest BCUT2D eigenvalue weighted by Crippen LogP contribution is -2.06. The summed E-state index contributed by atoms with van der Waals surface area (Å²) < 4.78 is 0. The quantitative estimate of drug-likeness (QED) is 0.650. The summed E-state index contributed by atoms with van der Waals surface area (Å²) in [6.45, 7) is 3.85. The van der Waals surface area contributed by atoms with Gasteiger partial charge in [0.15, 0.2) is 0 Å². The molecule has 0 aliphatic rings. The van der Waals surface area contributed by atoms with Gasteiger partial charge in [-0.1, -0.05) is 0 Å². The van der Waals surface area contributed by atoms with Crippen molar-refractivity contribution in [2.75, 3.05) is 5.32 Å². The third-order valence-electron chi connectivity index (χ3n) is 2.92. The van der Waals surface area contributed by atoms with Crippen LogP contribution in [0.25, 0.3) is 0 Å². The standard InChI is InChI=1S/C13H13N3O4S/c1-7-6-21-12(15-7)5-14-10-3-9(13(17)18)4-11(8(10)2)16(19)20/h3-4,6,14H,5H2,1-2H3,(H,17,18). The van der Waals surface area contributed by atoms with E-state index in [1.165, 1.54) is 17.4 Å². The smallest absolute Gasteiger partial charge is 0.336 e. The van der Waals surface area contributed by atoms with Gasteiger partial charge in [0.1, 0.15) is 5.01 Å². The number of carboxylic acids is 1. The van der Waals surface area contributed by atoms with Crippen molar-refractivity contribution in [3.05, 3.63) is 49.5 Å². The fourth-order valence-corrected chi connectivity index (χ4v) is 2.56. The second kappa shape index (κ2) is 5.88. The minimum atomic E-state index is -1.20. The van der Waals surface area contributed by atoms with Crippen molar-refractivity contribution in [2.45, 2.75) is 20.4 Å². The Morgan fingerprint density at radius 2 is 2.19 bits per heavy atom. The van der Waals surface area contributed by atoms with Gasteiger partial charge in [0, 0.05) is 28.4 Å². The molecular weight excluding hydrogens is 294 g/mol. The molecule has 110 valence electrons. The first kappa shape index (κ1) is 14.9. The van der Waals surface area contributed by atoms with Gasteiger partial charge in [0.2, 0.25) is 0 Å². The van der Waals surface area contributed by atoms with Gasteiger partial charge in [-0.3, -0.25) is 10.1 Å². The first-order valence-corrected chi connectivity index (χ1v) is 6.93. The molecule has 21 heavy (non-hydrogen) atoms. The van der Waals surface area contributed by atoms with Crippen molar-refractivity contribution >= 4 is 28.7 Å². The zero-order chi connectivity index (χ0) is 15.6. The molecule has 0 spiro atoms. The highest BCUT2D eigenvalue weighted by atomic mass is 32.1. The number of anilines is 1. The second-order valence-electron chi connectivity index (χ2n) is 4.47. The lowest BCUT2D eigenvalue weighted by Gasteiger charge is -2.10. The average molecular weight is 307 g/mol. The summed E-state index contributed by atoms with van der Waals surface area (Å²) in [5.41, 5.74) is 1.39. The third-order valence-corrected chi connectivity index (χ3v) is 3.89. The Bertz CT molecular complexity index is 711. The minimum Gasteiger partial charge on any atom is -0.478 e. The first-order valence-electron chi connectivity index (χ1n) is 6.05. The second-order valence-corrected chi connectivity index (χ2v) is 5.41. The molecule has 0 fully saturated rings. The minimum absolute atomic E-state index is 0.120. The summed E-state index contributed by atoms with van der Waals surface area (Å²) in [6.07, 6.45) is 0. The van der Waals surface area contributed by atoms with E-state index in [0.29, 0.717) is 17.8 Å². The average Bonchev–Trinajstić information content (AvgIpc) is 2.82. The highest BCUT2D eigenvalue weighted by Crippen LogP contribution is 2.28. The number of carbonyl (C=O) groups is 1. The van der Waals surface area contributed by atoms with Gasteiger partial charge >= 0.3 is 5.97 Å². The van der Waals surface area contributed by atoms with Gasteiger partial charge in [0.05, 0.1) is 17.0 Å². The number of hydrogen-bond acceptors (Lipinski definition) is 6. The van der Waals surface area contributed by atoms with Crippen LogP contribution in [0.2, 0.25) is 0 Å². The van der Waals surface area contributed by atoms with Gasteiger partial charge in [-0.05, 0) is 19.9 Å². The summed E-state index contributed by atoms with van der Waals surface area (Å²) in [4.78, 5) is 25.8. The van der Waals surface area contributed by atoms with E-state index in [2.05, 4.69) is 10.3 Å². The van der Waals surface area contributed by atoms with E-state index < -0.39 is 10.9 Å². The molecule has 0 bridgehead atoms. The van der Waals surface area contributed by atoms with Gasteiger partial charge in [-0.2, -0.15) is 0 Å². The van der Waals surface area contributed by atoms with E-state index in [1.54, 1.807) is 6.92 Å². The SMILES string of the molecule is Cc1csc(CNc2cc(C(=O)O)cc([N+](=O)[O-])c2C)n1. The molecule has 0 unspecified atom stereocenters. The van der Waals surface area contributed by atoms with E-state index in [4.69, 9.17) is 5.11 Å². The molecule has 0 aliphatic carbocycles. The first-order chi connectivity index (χ1) is 9.88. The number of carboxylic acid groups (broad SMARTS) is 1. The van der Waals surface area contributed by atoms with Crippen molar-refractivity contribution in [3.8, 4) is 0 Å². The van der Waals surface area contributed by atoms with Crippen LogP contribution in [-0.2, 0) is 6.54 Å². The normalized spacial score (nSPS) is 10.4. The molecule has 0 saturated carbocycles. The predicted molar refractivity (Wildman–Crippen MR) is 79.0 cm³/mol. The summed E-state index contributed by atoms with van der Waals surface area (Å²) in [6, 6.07) is 2.46. The largest absolute Gasteiger partial charge is 0.478 e. The van der Waals surface area contributed by atoms with Crippen molar-refractivity contribution in [2.24, 2.45) is 0 Å². The molecule has 1 aromatic carbocycles. The van der Waals surface area contributed by atoms with E-state index in [0.717, 1.165) is 16.8 Å². The van der Waals surface area contributed by atoms with Gasteiger partial charge in [-0.15, -0.1) is 11.3 Å². The number of aromatic nitrogens is 1. The Balaban J connectivity index is 2.32. The zero-order valence-electron chi connectivity index (χ0n) is 11.4. The molecule has 7 nitrogen and oxygen atoms in total. The number of aromatic carboxylic acids is 1. The number of nitro benzene ring substituents is 1. The summed E-state index contributed by atoms with van der Waals surface area (Å²) in [7, 11) is 0. The van der Waals surface area contributed by atoms with Crippen molar-refractivity contribution in [3.63, 3.8) is 0 Å². The number of nitro groups is 1. The van der Waals surface area contributed by atoms with Crippen LogP contribution in [0.4, 0.5) is 11.4 Å². The molecule has 0 amide bonds. The molecule has 1 aromatic heterocycles. The highest BCUT2D eigenvalue weighted by molar-refractivity contribution is 7.09. The van der Waals surface area contributed by atoms with E-state index in [-0.39, 0.29) is 11.3 Å². The molecule has 0 aliphatic heterocycles. The van der Waals surface area contributed by atoms with Crippen LogP contribution in [0.1, 0.15) is 26.6 Å². The topological polar surface area (TPSA) is 105 Å². The molecular formula is C13H13N3O4S. The maximum Gasteiger partial charge on any atom is 0.336 e. The maximum absolute atomic E-state index is 11.1. The van der Waals surface area contributed by atoms with Crippen LogP contribution in [0, 0.1) is 24.0 Å². The Hall–Kier alpha value is -2.48. The Morgan fingerprint density at radius 1 is 1.48 bits per heavy atom.